The third-order valence-corrected chi connectivity index (χ3v) is 2.12. The highest BCUT2D eigenvalue weighted by molar-refractivity contribution is 5.55. The molecule has 1 aromatic heterocycles. The Bertz CT molecular complexity index is 398. The van der Waals surface area contributed by atoms with Crippen molar-refractivity contribution in [2.45, 2.75) is 0 Å². The second-order valence-corrected chi connectivity index (χ2v) is 3.06. The topological polar surface area (TPSA) is 3.88 Å². The smallest absolute Gasteiger partial charge is 0.212 e. The maximum Gasteiger partial charge on any atom is 0.212 e. The lowest BCUT2D eigenvalue weighted by Gasteiger charge is -1.97. The van der Waals surface area contributed by atoms with Crippen LogP contribution in [0.15, 0.2) is 54.7 Å². The van der Waals surface area contributed by atoms with Gasteiger partial charge in [-0.25, -0.2) is 4.57 Å². The standard InChI is InChI=1S/C12H12N.BrH/c1-13-10-6-5-9-12(13)11-7-3-2-4-8-11;/h2-10H,1H3;1H/q+1;/p-1. The van der Waals surface area contributed by atoms with E-state index in [0.29, 0.717) is 0 Å². The van der Waals surface area contributed by atoms with Crippen molar-refractivity contribution in [2.24, 2.45) is 7.05 Å². The second kappa shape index (κ2) is 4.91. The summed E-state index contributed by atoms with van der Waals surface area (Å²) >= 11 is 0. The molecular formula is C12H12BrN. The molecule has 0 amide bonds. The minimum atomic E-state index is 0. The van der Waals surface area contributed by atoms with Crippen molar-refractivity contribution in [1.82, 2.24) is 0 Å². The fourth-order valence-electron chi connectivity index (χ4n) is 1.43. The molecule has 0 saturated carbocycles. The number of hydrogen-bond acceptors (Lipinski definition) is 0. The summed E-state index contributed by atoms with van der Waals surface area (Å²) in [7, 11) is 2.06. The maximum absolute atomic E-state index is 2.12. The summed E-state index contributed by atoms with van der Waals surface area (Å²) in [5, 5.41) is 0. The van der Waals surface area contributed by atoms with Crippen LogP contribution in [-0.4, -0.2) is 0 Å². The van der Waals surface area contributed by atoms with E-state index in [1.54, 1.807) is 0 Å². The van der Waals surface area contributed by atoms with Crippen LogP contribution in [0.3, 0.4) is 0 Å². The molecule has 72 valence electrons. The van der Waals surface area contributed by atoms with Gasteiger partial charge in [-0.05, 0) is 18.2 Å². The van der Waals surface area contributed by atoms with Gasteiger partial charge in [0.25, 0.3) is 0 Å². The second-order valence-electron chi connectivity index (χ2n) is 3.06. The molecule has 0 N–H and O–H groups in total. The predicted octanol–water partition coefficient (Wildman–Crippen LogP) is -0.818. The molecule has 0 saturated heterocycles. The quantitative estimate of drug-likeness (QED) is 0.582. The van der Waals surface area contributed by atoms with Crippen LogP contribution in [0.5, 0.6) is 0 Å². The van der Waals surface area contributed by atoms with Gasteiger partial charge in [0.1, 0.15) is 7.05 Å². The third kappa shape index (κ3) is 2.20. The van der Waals surface area contributed by atoms with Gasteiger partial charge in [0, 0.05) is 17.7 Å². The van der Waals surface area contributed by atoms with E-state index >= 15 is 0 Å². The van der Waals surface area contributed by atoms with Gasteiger partial charge < -0.3 is 17.0 Å². The highest BCUT2D eigenvalue weighted by atomic mass is 79.9. The number of rotatable bonds is 1. The predicted molar refractivity (Wildman–Crippen MR) is 53.1 cm³/mol. The zero-order valence-electron chi connectivity index (χ0n) is 8.02. The molecule has 0 fully saturated rings. The molecule has 1 heterocycles. The first-order valence-corrected chi connectivity index (χ1v) is 4.38. The molecule has 0 atom stereocenters. The molecule has 0 spiro atoms. The zero-order valence-corrected chi connectivity index (χ0v) is 9.61. The summed E-state index contributed by atoms with van der Waals surface area (Å²) < 4.78 is 2.12. The SMILES string of the molecule is C[n+]1ccccc1-c1ccccc1.[Br-]. The summed E-state index contributed by atoms with van der Waals surface area (Å²) in [5.41, 5.74) is 2.49. The normalized spacial score (nSPS) is 9.21. The monoisotopic (exact) mass is 249 g/mol. The van der Waals surface area contributed by atoms with Gasteiger partial charge in [0.2, 0.25) is 5.69 Å². The molecule has 1 nitrogen and oxygen atoms in total. The van der Waals surface area contributed by atoms with Crippen LogP contribution >= 0.6 is 0 Å². The molecule has 0 radical (unpaired) electrons. The van der Waals surface area contributed by atoms with E-state index in [4.69, 9.17) is 0 Å². The minimum absolute atomic E-state index is 0. The van der Waals surface area contributed by atoms with Gasteiger partial charge in [-0.3, -0.25) is 0 Å². The lowest BCUT2D eigenvalue weighted by molar-refractivity contribution is -0.660. The first-order chi connectivity index (χ1) is 6.38. The Morgan fingerprint density at radius 3 is 2.14 bits per heavy atom. The number of benzene rings is 1. The molecule has 2 heteroatoms. The first-order valence-electron chi connectivity index (χ1n) is 4.38. The van der Waals surface area contributed by atoms with E-state index in [1.165, 1.54) is 11.3 Å². The molecule has 0 bridgehead atoms. The minimum Gasteiger partial charge on any atom is -1.00 e. The highest BCUT2D eigenvalue weighted by Gasteiger charge is 2.05. The lowest BCUT2D eigenvalue weighted by atomic mass is 10.1. The van der Waals surface area contributed by atoms with E-state index in [0.717, 1.165) is 0 Å². The van der Waals surface area contributed by atoms with Crippen LogP contribution in [0.1, 0.15) is 0 Å². The van der Waals surface area contributed by atoms with Gasteiger partial charge in [-0.15, -0.1) is 0 Å². The molecule has 0 unspecified atom stereocenters. The maximum atomic E-state index is 2.12. The molecule has 14 heavy (non-hydrogen) atoms. The van der Waals surface area contributed by atoms with Crippen molar-refractivity contribution in [3.05, 3.63) is 54.7 Å². The Hall–Kier alpha value is -1.15. The van der Waals surface area contributed by atoms with Crippen LogP contribution in [0, 0.1) is 0 Å². The van der Waals surface area contributed by atoms with Crippen molar-refractivity contribution in [1.29, 1.82) is 0 Å². The Kier molecular flexibility index (Phi) is 3.84. The fraction of sp³-hybridized carbons (Fsp3) is 0.0833. The summed E-state index contributed by atoms with van der Waals surface area (Å²) in [6.07, 6.45) is 2.06. The summed E-state index contributed by atoms with van der Waals surface area (Å²) in [5.74, 6) is 0. The van der Waals surface area contributed by atoms with Crippen LogP contribution in [0.4, 0.5) is 0 Å². The molecule has 0 aliphatic carbocycles. The van der Waals surface area contributed by atoms with Crippen molar-refractivity contribution in [2.75, 3.05) is 0 Å². The molecule has 2 rings (SSSR count). The van der Waals surface area contributed by atoms with Gasteiger partial charge in [-0.1, -0.05) is 18.2 Å². The number of aromatic nitrogens is 1. The Morgan fingerprint density at radius 1 is 0.857 bits per heavy atom. The molecule has 0 aliphatic heterocycles. The van der Waals surface area contributed by atoms with E-state index < -0.39 is 0 Å². The average Bonchev–Trinajstić information content (AvgIpc) is 2.20. The highest BCUT2D eigenvalue weighted by Crippen LogP contribution is 2.12. The van der Waals surface area contributed by atoms with Gasteiger partial charge in [0.15, 0.2) is 6.20 Å². The average molecular weight is 250 g/mol. The van der Waals surface area contributed by atoms with Crippen molar-refractivity contribution in [3.8, 4) is 11.3 Å². The number of hydrogen-bond donors (Lipinski definition) is 0. The number of nitrogens with zero attached hydrogens (tertiary/aromatic N) is 1. The summed E-state index contributed by atoms with van der Waals surface area (Å²) in [6.45, 7) is 0. The Balaban J connectivity index is 0.000000980. The Morgan fingerprint density at radius 2 is 1.50 bits per heavy atom. The van der Waals surface area contributed by atoms with Crippen molar-refractivity contribution in [3.63, 3.8) is 0 Å². The fourth-order valence-corrected chi connectivity index (χ4v) is 1.43. The van der Waals surface area contributed by atoms with E-state index in [-0.39, 0.29) is 17.0 Å². The number of halogens is 1. The van der Waals surface area contributed by atoms with E-state index in [2.05, 4.69) is 54.2 Å². The van der Waals surface area contributed by atoms with Gasteiger partial charge in [0.05, 0.1) is 0 Å². The number of pyridine rings is 1. The van der Waals surface area contributed by atoms with Gasteiger partial charge >= 0.3 is 0 Å². The van der Waals surface area contributed by atoms with E-state index in [1.807, 2.05) is 12.1 Å². The largest absolute Gasteiger partial charge is 1.00 e. The van der Waals surface area contributed by atoms with Gasteiger partial charge in [-0.2, -0.15) is 0 Å². The van der Waals surface area contributed by atoms with Crippen LogP contribution < -0.4 is 21.5 Å². The van der Waals surface area contributed by atoms with Crippen molar-refractivity contribution >= 4 is 0 Å². The van der Waals surface area contributed by atoms with Crippen LogP contribution in [-0.2, 0) is 7.05 Å². The van der Waals surface area contributed by atoms with E-state index in [9.17, 15) is 0 Å². The van der Waals surface area contributed by atoms with Crippen molar-refractivity contribution < 1.29 is 21.5 Å². The molecular weight excluding hydrogens is 238 g/mol. The molecule has 1 aromatic carbocycles. The zero-order chi connectivity index (χ0) is 9.10. The van der Waals surface area contributed by atoms with Crippen LogP contribution in [0.25, 0.3) is 11.3 Å². The lowest BCUT2D eigenvalue weighted by Crippen LogP contribution is -3.00. The summed E-state index contributed by atoms with van der Waals surface area (Å²) in [6, 6.07) is 16.6. The molecule has 0 aliphatic rings. The van der Waals surface area contributed by atoms with Crippen LogP contribution in [0.2, 0.25) is 0 Å². The number of aryl methyl sites for hydroxylation is 1. The molecule has 2 aromatic rings. The Labute approximate surface area is 94.8 Å². The first kappa shape index (κ1) is 10.9. The summed E-state index contributed by atoms with van der Waals surface area (Å²) in [4.78, 5) is 0. The third-order valence-electron chi connectivity index (χ3n) is 2.12.